The van der Waals surface area contributed by atoms with Gasteiger partial charge in [0.1, 0.15) is 6.04 Å². The number of hydrogen-bond acceptors (Lipinski definition) is 3. The van der Waals surface area contributed by atoms with E-state index in [1.54, 1.807) is 13.8 Å². The fourth-order valence-corrected chi connectivity index (χ4v) is 3.42. The minimum atomic E-state index is -4.75. The van der Waals surface area contributed by atoms with Crippen molar-refractivity contribution in [3.8, 4) is 0 Å². The van der Waals surface area contributed by atoms with Gasteiger partial charge in [-0.3, -0.25) is 9.59 Å². The fourth-order valence-electron chi connectivity index (χ4n) is 3.42. The van der Waals surface area contributed by atoms with Gasteiger partial charge in [0.05, 0.1) is 6.04 Å². The summed E-state index contributed by atoms with van der Waals surface area (Å²) in [6.07, 6.45) is -5.62. The minimum Gasteiger partial charge on any atom is -0.382 e. The van der Waals surface area contributed by atoms with Gasteiger partial charge in [-0.15, -0.1) is 0 Å². The Balaban J connectivity index is 2.14. The summed E-state index contributed by atoms with van der Waals surface area (Å²) in [6, 6.07) is -1.95. The molecule has 0 aromatic heterocycles. The van der Waals surface area contributed by atoms with Crippen LogP contribution < -0.4 is 0 Å². The maximum absolute atomic E-state index is 12.8. The van der Waals surface area contributed by atoms with E-state index in [4.69, 9.17) is 0 Å². The highest BCUT2D eigenvalue weighted by molar-refractivity contribution is 5.89. The summed E-state index contributed by atoms with van der Waals surface area (Å²) in [5.74, 6) is -0.895. The molecule has 0 aromatic carbocycles. The summed E-state index contributed by atoms with van der Waals surface area (Å²) in [5.41, 5.74) is 0. The molecule has 132 valence electrons. The molecule has 0 radical (unpaired) electrons. The Labute approximate surface area is 133 Å². The fraction of sp³-hybridized carbons (Fsp3) is 0.867. The number of carbonyl (C=O) groups is 2. The summed E-state index contributed by atoms with van der Waals surface area (Å²) >= 11 is 0. The highest BCUT2D eigenvalue weighted by Crippen LogP contribution is 2.32. The smallest absolute Gasteiger partial charge is 0.382 e. The molecule has 8 heteroatoms. The third kappa shape index (κ3) is 3.62. The first kappa shape index (κ1) is 18.0. The Hall–Kier alpha value is -1.31. The number of alkyl halides is 3. The van der Waals surface area contributed by atoms with E-state index >= 15 is 0 Å². The number of carbonyl (C=O) groups excluding carboxylic acids is 2. The van der Waals surface area contributed by atoms with Gasteiger partial charge in [-0.1, -0.05) is 13.8 Å². The SMILES string of the molecule is CC(C)C(=O)N1CCCC1C(=O)N1CCCC1C(O)C(F)(F)F. The van der Waals surface area contributed by atoms with E-state index in [2.05, 4.69) is 0 Å². The Morgan fingerprint density at radius 2 is 1.65 bits per heavy atom. The van der Waals surface area contributed by atoms with Crippen molar-refractivity contribution in [2.24, 2.45) is 5.92 Å². The van der Waals surface area contributed by atoms with E-state index < -0.39 is 30.3 Å². The van der Waals surface area contributed by atoms with E-state index in [-0.39, 0.29) is 24.8 Å². The van der Waals surface area contributed by atoms with Gasteiger partial charge in [-0.2, -0.15) is 13.2 Å². The Bertz CT molecular complexity index is 467. The summed E-state index contributed by atoms with van der Waals surface area (Å²) in [5, 5.41) is 9.51. The lowest BCUT2D eigenvalue weighted by molar-refractivity contribution is -0.219. The number of aliphatic hydroxyl groups excluding tert-OH is 1. The van der Waals surface area contributed by atoms with Crippen molar-refractivity contribution in [1.82, 2.24) is 9.80 Å². The highest BCUT2D eigenvalue weighted by Gasteiger charge is 2.50. The topological polar surface area (TPSA) is 60.9 Å². The van der Waals surface area contributed by atoms with Gasteiger partial charge < -0.3 is 14.9 Å². The van der Waals surface area contributed by atoms with Crippen LogP contribution in [0.5, 0.6) is 0 Å². The average Bonchev–Trinajstić information content (AvgIpc) is 3.12. The first-order valence-corrected chi connectivity index (χ1v) is 8.00. The second-order valence-corrected chi connectivity index (χ2v) is 6.57. The lowest BCUT2D eigenvalue weighted by atomic mass is 10.1. The highest BCUT2D eigenvalue weighted by atomic mass is 19.4. The van der Waals surface area contributed by atoms with E-state index in [0.29, 0.717) is 25.8 Å². The molecule has 0 aromatic rings. The molecule has 23 heavy (non-hydrogen) atoms. The van der Waals surface area contributed by atoms with Crippen LogP contribution in [0.2, 0.25) is 0 Å². The Morgan fingerprint density at radius 3 is 2.22 bits per heavy atom. The summed E-state index contributed by atoms with van der Waals surface area (Å²) in [4.78, 5) is 27.5. The second-order valence-electron chi connectivity index (χ2n) is 6.57. The quantitative estimate of drug-likeness (QED) is 0.851. The van der Waals surface area contributed by atoms with Gasteiger partial charge >= 0.3 is 6.18 Å². The van der Waals surface area contributed by atoms with Crippen LogP contribution in [0, 0.1) is 5.92 Å². The van der Waals surface area contributed by atoms with Gasteiger partial charge in [0.25, 0.3) is 0 Å². The molecule has 0 spiro atoms. The molecule has 5 nitrogen and oxygen atoms in total. The van der Waals surface area contributed by atoms with Crippen LogP contribution in [0.1, 0.15) is 39.5 Å². The zero-order chi connectivity index (χ0) is 17.4. The molecule has 2 saturated heterocycles. The van der Waals surface area contributed by atoms with Crippen LogP contribution >= 0.6 is 0 Å². The van der Waals surface area contributed by atoms with Crippen molar-refractivity contribution in [3.05, 3.63) is 0 Å². The first-order valence-electron chi connectivity index (χ1n) is 8.00. The minimum absolute atomic E-state index is 0.122. The third-order valence-corrected chi connectivity index (χ3v) is 4.60. The van der Waals surface area contributed by atoms with E-state index in [9.17, 15) is 27.9 Å². The van der Waals surface area contributed by atoms with Crippen LogP contribution in [0.25, 0.3) is 0 Å². The molecule has 3 atom stereocenters. The van der Waals surface area contributed by atoms with Gasteiger partial charge in [0.2, 0.25) is 11.8 Å². The standard InChI is InChI=1S/C15H23F3N2O3/c1-9(2)13(22)20-8-4-6-11(20)14(23)19-7-3-5-10(19)12(21)15(16,17)18/h9-12,21H,3-8H2,1-2H3. The van der Waals surface area contributed by atoms with Crippen LogP contribution in [0.4, 0.5) is 13.2 Å². The van der Waals surface area contributed by atoms with Gasteiger partial charge in [-0.05, 0) is 25.7 Å². The number of hydrogen-bond donors (Lipinski definition) is 1. The molecular weight excluding hydrogens is 313 g/mol. The normalized spacial score (nSPS) is 26.9. The molecule has 0 saturated carbocycles. The van der Waals surface area contributed by atoms with Crippen molar-refractivity contribution < 1.29 is 27.9 Å². The first-order chi connectivity index (χ1) is 10.6. The molecular formula is C15H23F3N2O3. The van der Waals surface area contributed by atoms with E-state index in [0.717, 1.165) is 4.90 Å². The lowest BCUT2D eigenvalue weighted by Crippen LogP contribution is -2.54. The summed E-state index contributed by atoms with van der Waals surface area (Å²) in [7, 11) is 0. The lowest BCUT2D eigenvalue weighted by Gasteiger charge is -2.34. The number of rotatable bonds is 3. The van der Waals surface area contributed by atoms with Crippen molar-refractivity contribution in [2.75, 3.05) is 13.1 Å². The number of likely N-dealkylation sites (tertiary alicyclic amines) is 2. The van der Waals surface area contributed by atoms with Crippen molar-refractivity contribution in [3.63, 3.8) is 0 Å². The summed E-state index contributed by atoms with van der Waals surface area (Å²) < 4.78 is 38.3. The molecule has 0 aliphatic carbocycles. The van der Waals surface area contributed by atoms with Crippen LogP contribution in [0.3, 0.4) is 0 Å². The average molecular weight is 336 g/mol. The molecule has 2 amide bonds. The van der Waals surface area contributed by atoms with Gasteiger partial charge in [-0.25, -0.2) is 0 Å². The monoisotopic (exact) mass is 336 g/mol. The van der Waals surface area contributed by atoms with Gasteiger partial charge in [0, 0.05) is 19.0 Å². The zero-order valence-electron chi connectivity index (χ0n) is 13.3. The molecule has 2 fully saturated rings. The predicted molar refractivity (Wildman–Crippen MR) is 76.4 cm³/mol. The van der Waals surface area contributed by atoms with Crippen molar-refractivity contribution in [2.45, 2.75) is 63.9 Å². The Kier molecular flexibility index (Phi) is 5.23. The van der Waals surface area contributed by atoms with Crippen LogP contribution in [-0.4, -0.2) is 64.2 Å². The van der Waals surface area contributed by atoms with Crippen molar-refractivity contribution >= 4 is 11.8 Å². The molecule has 0 bridgehead atoms. The van der Waals surface area contributed by atoms with E-state index in [1.807, 2.05) is 0 Å². The second kappa shape index (κ2) is 6.67. The molecule has 2 aliphatic heterocycles. The van der Waals surface area contributed by atoms with Crippen LogP contribution in [-0.2, 0) is 9.59 Å². The summed E-state index contributed by atoms with van der Waals surface area (Å²) in [6.45, 7) is 4.10. The number of nitrogens with zero attached hydrogens (tertiary/aromatic N) is 2. The number of amides is 2. The Morgan fingerprint density at radius 1 is 1.09 bits per heavy atom. The predicted octanol–water partition coefficient (Wildman–Crippen LogP) is 1.55. The molecule has 2 heterocycles. The largest absolute Gasteiger partial charge is 0.416 e. The molecule has 2 aliphatic rings. The molecule has 2 rings (SSSR count). The van der Waals surface area contributed by atoms with Crippen LogP contribution in [0.15, 0.2) is 0 Å². The maximum Gasteiger partial charge on any atom is 0.416 e. The number of halogens is 3. The van der Waals surface area contributed by atoms with E-state index in [1.165, 1.54) is 4.90 Å². The van der Waals surface area contributed by atoms with Crippen molar-refractivity contribution in [1.29, 1.82) is 0 Å². The molecule has 3 unspecified atom stereocenters. The number of aliphatic hydroxyl groups is 1. The molecule has 1 N–H and O–H groups in total. The zero-order valence-corrected chi connectivity index (χ0v) is 13.3. The maximum atomic E-state index is 12.8. The third-order valence-electron chi connectivity index (χ3n) is 4.60. The van der Waals surface area contributed by atoms with Gasteiger partial charge in [0.15, 0.2) is 6.10 Å².